The molecule has 1 rings (SSSR count). The second-order valence-electron chi connectivity index (χ2n) is 3.46. The maximum atomic E-state index is 5.59. The van der Waals surface area contributed by atoms with E-state index < -0.39 is 0 Å². The molecule has 0 amide bonds. The number of anilines is 1. The first-order valence-electron chi connectivity index (χ1n) is 4.28. The molecule has 1 aromatic carbocycles. The van der Waals surface area contributed by atoms with Crippen LogP contribution in [0.4, 0.5) is 5.69 Å². The lowest BCUT2D eigenvalue weighted by molar-refractivity contribution is 0.463. The largest absolute Gasteiger partial charge is 0.399 e. The van der Waals surface area contributed by atoms with E-state index in [0.717, 1.165) is 23.4 Å². The standard InChI is InChI=1S/C11H16N2/c1-9(8-13(2)3)10-4-6-11(12)7-5-10/h4-7H,1,8,12H2,2-3H3. The molecule has 70 valence electrons. The molecule has 13 heavy (non-hydrogen) atoms. The zero-order valence-corrected chi connectivity index (χ0v) is 8.25. The molecule has 0 spiro atoms. The van der Waals surface area contributed by atoms with E-state index in [4.69, 9.17) is 5.73 Å². The van der Waals surface area contributed by atoms with Crippen molar-refractivity contribution in [2.75, 3.05) is 26.4 Å². The topological polar surface area (TPSA) is 29.3 Å². The molecule has 2 heteroatoms. The van der Waals surface area contributed by atoms with Crippen molar-refractivity contribution >= 4 is 11.3 Å². The average Bonchev–Trinajstić information content (AvgIpc) is 2.04. The highest BCUT2D eigenvalue weighted by Gasteiger charge is 1.99. The van der Waals surface area contributed by atoms with Crippen LogP contribution in [0.25, 0.3) is 5.57 Å². The highest BCUT2D eigenvalue weighted by atomic mass is 15.0. The molecular weight excluding hydrogens is 160 g/mol. The van der Waals surface area contributed by atoms with Crippen molar-refractivity contribution in [3.8, 4) is 0 Å². The van der Waals surface area contributed by atoms with Crippen molar-refractivity contribution in [1.82, 2.24) is 4.90 Å². The maximum absolute atomic E-state index is 5.59. The summed E-state index contributed by atoms with van der Waals surface area (Å²) >= 11 is 0. The van der Waals surface area contributed by atoms with Gasteiger partial charge in [0.2, 0.25) is 0 Å². The van der Waals surface area contributed by atoms with Crippen LogP contribution in [0.1, 0.15) is 5.56 Å². The van der Waals surface area contributed by atoms with E-state index in [-0.39, 0.29) is 0 Å². The number of hydrogen-bond donors (Lipinski definition) is 1. The highest BCUT2D eigenvalue weighted by molar-refractivity contribution is 5.66. The molecular formula is C11H16N2. The van der Waals surface area contributed by atoms with Gasteiger partial charge in [-0.25, -0.2) is 0 Å². The van der Waals surface area contributed by atoms with Crippen LogP contribution in [0.3, 0.4) is 0 Å². The minimum Gasteiger partial charge on any atom is -0.399 e. The predicted molar refractivity (Wildman–Crippen MR) is 58.4 cm³/mol. The fraction of sp³-hybridized carbons (Fsp3) is 0.273. The Bertz CT molecular complexity index is 285. The zero-order valence-electron chi connectivity index (χ0n) is 8.25. The normalized spacial score (nSPS) is 10.4. The van der Waals surface area contributed by atoms with Crippen LogP contribution in [0, 0.1) is 0 Å². The number of nitrogens with two attached hydrogens (primary N) is 1. The monoisotopic (exact) mass is 176 g/mol. The first-order valence-corrected chi connectivity index (χ1v) is 4.28. The Morgan fingerprint density at radius 1 is 1.31 bits per heavy atom. The van der Waals surface area contributed by atoms with Crippen molar-refractivity contribution in [3.63, 3.8) is 0 Å². The van der Waals surface area contributed by atoms with Gasteiger partial charge in [-0.1, -0.05) is 18.7 Å². The van der Waals surface area contributed by atoms with Gasteiger partial charge in [0.25, 0.3) is 0 Å². The Balaban J connectivity index is 2.72. The smallest absolute Gasteiger partial charge is 0.0314 e. The average molecular weight is 176 g/mol. The molecule has 0 aliphatic rings. The Morgan fingerprint density at radius 3 is 2.31 bits per heavy atom. The molecule has 0 atom stereocenters. The fourth-order valence-electron chi connectivity index (χ4n) is 1.19. The molecule has 0 bridgehead atoms. The van der Waals surface area contributed by atoms with Gasteiger partial charge in [0, 0.05) is 12.2 Å². The molecule has 2 nitrogen and oxygen atoms in total. The van der Waals surface area contributed by atoms with E-state index in [0.29, 0.717) is 0 Å². The van der Waals surface area contributed by atoms with Crippen LogP contribution in [0.5, 0.6) is 0 Å². The molecule has 2 N–H and O–H groups in total. The van der Waals surface area contributed by atoms with Crippen LogP contribution in [-0.2, 0) is 0 Å². The lowest BCUT2D eigenvalue weighted by Gasteiger charge is -2.12. The number of likely N-dealkylation sites (N-methyl/N-ethyl adjacent to an activating group) is 1. The lowest BCUT2D eigenvalue weighted by atomic mass is 10.1. The third kappa shape index (κ3) is 2.92. The number of rotatable bonds is 3. The summed E-state index contributed by atoms with van der Waals surface area (Å²) in [6.45, 7) is 4.89. The summed E-state index contributed by atoms with van der Waals surface area (Å²) in [4.78, 5) is 2.10. The van der Waals surface area contributed by atoms with Crippen LogP contribution in [0.2, 0.25) is 0 Å². The first kappa shape index (κ1) is 9.81. The molecule has 0 unspecified atom stereocenters. The molecule has 0 aliphatic heterocycles. The SMILES string of the molecule is C=C(CN(C)C)c1ccc(N)cc1. The summed E-state index contributed by atoms with van der Waals surface area (Å²) in [5, 5.41) is 0. The quantitative estimate of drug-likeness (QED) is 0.712. The summed E-state index contributed by atoms with van der Waals surface area (Å²) in [6.07, 6.45) is 0. The summed E-state index contributed by atoms with van der Waals surface area (Å²) in [5.74, 6) is 0. The number of hydrogen-bond acceptors (Lipinski definition) is 2. The summed E-state index contributed by atoms with van der Waals surface area (Å²) in [5.41, 5.74) is 8.65. The molecule has 0 aliphatic carbocycles. The van der Waals surface area contributed by atoms with Crippen LogP contribution < -0.4 is 5.73 Å². The molecule has 1 aromatic rings. The van der Waals surface area contributed by atoms with E-state index in [9.17, 15) is 0 Å². The zero-order chi connectivity index (χ0) is 9.84. The van der Waals surface area contributed by atoms with Gasteiger partial charge in [-0.05, 0) is 37.4 Å². The molecule has 0 aromatic heterocycles. The van der Waals surface area contributed by atoms with Gasteiger partial charge in [0.15, 0.2) is 0 Å². The maximum Gasteiger partial charge on any atom is 0.0314 e. The Hall–Kier alpha value is -1.28. The van der Waals surface area contributed by atoms with Gasteiger partial charge in [-0.2, -0.15) is 0 Å². The van der Waals surface area contributed by atoms with Crippen molar-refractivity contribution in [3.05, 3.63) is 36.4 Å². The minimum atomic E-state index is 0.793. The highest BCUT2D eigenvalue weighted by Crippen LogP contribution is 2.14. The van der Waals surface area contributed by atoms with Crippen molar-refractivity contribution < 1.29 is 0 Å². The second-order valence-corrected chi connectivity index (χ2v) is 3.46. The van der Waals surface area contributed by atoms with E-state index in [1.54, 1.807) is 0 Å². The van der Waals surface area contributed by atoms with Gasteiger partial charge in [-0.15, -0.1) is 0 Å². The minimum absolute atomic E-state index is 0.793. The summed E-state index contributed by atoms with van der Waals surface area (Å²) < 4.78 is 0. The van der Waals surface area contributed by atoms with Gasteiger partial charge >= 0.3 is 0 Å². The van der Waals surface area contributed by atoms with Crippen LogP contribution >= 0.6 is 0 Å². The second kappa shape index (κ2) is 4.10. The third-order valence-corrected chi connectivity index (χ3v) is 1.83. The van der Waals surface area contributed by atoms with Gasteiger partial charge in [0.1, 0.15) is 0 Å². The van der Waals surface area contributed by atoms with Crippen molar-refractivity contribution in [1.29, 1.82) is 0 Å². The molecule has 0 radical (unpaired) electrons. The number of benzene rings is 1. The third-order valence-electron chi connectivity index (χ3n) is 1.83. The predicted octanol–water partition coefficient (Wildman–Crippen LogP) is 1.84. The summed E-state index contributed by atoms with van der Waals surface area (Å²) in [6, 6.07) is 7.80. The van der Waals surface area contributed by atoms with Gasteiger partial charge in [-0.3, -0.25) is 0 Å². The van der Waals surface area contributed by atoms with E-state index in [1.807, 2.05) is 38.4 Å². The van der Waals surface area contributed by atoms with E-state index in [2.05, 4.69) is 11.5 Å². The molecule has 0 fully saturated rings. The summed E-state index contributed by atoms with van der Waals surface area (Å²) in [7, 11) is 4.06. The molecule has 0 saturated carbocycles. The van der Waals surface area contributed by atoms with Crippen LogP contribution in [0.15, 0.2) is 30.8 Å². The van der Waals surface area contributed by atoms with Crippen molar-refractivity contribution in [2.45, 2.75) is 0 Å². The fourth-order valence-corrected chi connectivity index (χ4v) is 1.19. The molecule has 0 heterocycles. The van der Waals surface area contributed by atoms with Gasteiger partial charge in [0.05, 0.1) is 0 Å². The number of nitrogen functional groups attached to an aromatic ring is 1. The van der Waals surface area contributed by atoms with Crippen LogP contribution in [-0.4, -0.2) is 25.5 Å². The lowest BCUT2D eigenvalue weighted by Crippen LogP contribution is -2.13. The van der Waals surface area contributed by atoms with Gasteiger partial charge < -0.3 is 10.6 Å². The molecule has 0 saturated heterocycles. The van der Waals surface area contributed by atoms with Crippen molar-refractivity contribution in [2.24, 2.45) is 0 Å². The Morgan fingerprint density at radius 2 is 1.85 bits per heavy atom. The van der Waals surface area contributed by atoms with E-state index >= 15 is 0 Å². The first-order chi connectivity index (χ1) is 6.09. The Labute approximate surface area is 79.7 Å². The Kier molecular flexibility index (Phi) is 3.09. The number of nitrogens with zero attached hydrogens (tertiary/aromatic N) is 1. The van der Waals surface area contributed by atoms with E-state index in [1.165, 1.54) is 0 Å².